The third-order valence-electron chi connectivity index (χ3n) is 5.29. The zero-order chi connectivity index (χ0) is 18.1. The van der Waals surface area contributed by atoms with E-state index in [4.69, 9.17) is 9.73 Å². The van der Waals surface area contributed by atoms with Crippen molar-refractivity contribution in [3.05, 3.63) is 0 Å². The predicted octanol–water partition coefficient (Wildman–Crippen LogP) is 1.81. The molecule has 0 bridgehead atoms. The van der Waals surface area contributed by atoms with Crippen LogP contribution in [-0.2, 0) is 4.74 Å². The second kappa shape index (κ2) is 13.1. The quantitative estimate of drug-likeness (QED) is 0.326. The summed E-state index contributed by atoms with van der Waals surface area (Å²) in [4.78, 5) is 12.3. The summed E-state index contributed by atoms with van der Waals surface area (Å²) in [5.41, 5.74) is 0. The minimum absolute atomic E-state index is 0. The Labute approximate surface area is 177 Å². The fraction of sp³-hybridized carbons (Fsp3) is 0.947. The van der Waals surface area contributed by atoms with Gasteiger partial charge in [0.2, 0.25) is 0 Å². The highest BCUT2D eigenvalue weighted by atomic mass is 127. The maximum absolute atomic E-state index is 5.50. The Bertz CT molecular complexity index is 395. The minimum Gasteiger partial charge on any atom is -0.381 e. The molecule has 0 saturated carbocycles. The van der Waals surface area contributed by atoms with E-state index in [1.807, 2.05) is 0 Å². The average Bonchev–Trinajstić information content (AvgIpc) is 3.12. The minimum atomic E-state index is 0. The van der Waals surface area contributed by atoms with Crippen LogP contribution < -0.4 is 5.32 Å². The van der Waals surface area contributed by atoms with Gasteiger partial charge in [-0.1, -0.05) is 13.8 Å². The molecule has 2 saturated heterocycles. The van der Waals surface area contributed by atoms with Crippen LogP contribution >= 0.6 is 24.0 Å². The number of aliphatic imine (C=N–C) groups is 1. The normalized spacial score (nSPS) is 23.5. The van der Waals surface area contributed by atoms with E-state index in [0.29, 0.717) is 11.8 Å². The Morgan fingerprint density at radius 1 is 1.23 bits per heavy atom. The van der Waals surface area contributed by atoms with Crippen molar-refractivity contribution >= 4 is 29.9 Å². The summed E-state index contributed by atoms with van der Waals surface area (Å²) < 4.78 is 5.50. The van der Waals surface area contributed by atoms with E-state index in [9.17, 15) is 0 Å². The number of likely N-dealkylation sites (N-methyl/N-ethyl adjacent to an activating group) is 1. The molecule has 0 amide bonds. The van der Waals surface area contributed by atoms with E-state index in [2.05, 4.69) is 47.8 Å². The third kappa shape index (κ3) is 8.27. The van der Waals surface area contributed by atoms with Crippen molar-refractivity contribution in [1.82, 2.24) is 20.0 Å². The van der Waals surface area contributed by atoms with Crippen LogP contribution in [0.3, 0.4) is 0 Å². The largest absolute Gasteiger partial charge is 0.381 e. The SMILES string of the molecule is CCNC(=NCC(C)CN1CCN(CC)CC1)N(C)CC1CCOC1.I. The summed E-state index contributed by atoms with van der Waals surface area (Å²) >= 11 is 0. The Morgan fingerprint density at radius 2 is 1.92 bits per heavy atom. The van der Waals surface area contributed by atoms with Gasteiger partial charge < -0.3 is 24.8 Å². The molecule has 26 heavy (non-hydrogen) atoms. The Kier molecular flexibility index (Phi) is 12.1. The average molecular weight is 481 g/mol. The number of rotatable bonds is 8. The van der Waals surface area contributed by atoms with Crippen molar-refractivity contribution < 1.29 is 4.74 Å². The van der Waals surface area contributed by atoms with Gasteiger partial charge in [0.25, 0.3) is 0 Å². The molecule has 154 valence electrons. The van der Waals surface area contributed by atoms with Crippen molar-refractivity contribution in [1.29, 1.82) is 0 Å². The van der Waals surface area contributed by atoms with Crippen molar-refractivity contribution in [2.45, 2.75) is 27.2 Å². The highest BCUT2D eigenvalue weighted by Crippen LogP contribution is 2.13. The van der Waals surface area contributed by atoms with Crippen molar-refractivity contribution in [3.63, 3.8) is 0 Å². The molecule has 6 nitrogen and oxygen atoms in total. The molecule has 0 aromatic carbocycles. The van der Waals surface area contributed by atoms with Gasteiger partial charge in [0.05, 0.1) is 6.61 Å². The maximum Gasteiger partial charge on any atom is 0.193 e. The highest BCUT2D eigenvalue weighted by Gasteiger charge is 2.20. The van der Waals surface area contributed by atoms with Crippen molar-refractivity contribution in [2.75, 3.05) is 79.2 Å². The van der Waals surface area contributed by atoms with Gasteiger partial charge in [-0.15, -0.1) is 24.0 Å². The van der Waals surface area contributed by atoms with E-state index >= 15 is 0 Å². The molecule has 1 N–H and O–H groups in total. The molecule has 2 aliphatic heterocycles. The smallest absolute Gasteiger partial charge is 0.193 e. The summed E-state index contributed by atoms with van der Waals surface area (Å²) in [6.45, 7) is 18.5. The van der Waals surface area contributed by atoms with Crippen LogP contribution in [0.25, 0.3) is 0 Å². The molecule has 2 fully saturated rings. The molecule has 0 aromatic heterocycles. The van der Waals surface area contributed by atoms with Crippen LogP contribution in [0, 0.1) is 11.8 Å². The fourth-order valence-electron chi connectivity index (χ4n) is 3.70. The second-order valence-electron chi connectivity index (χ2n) is 7.64. The fourth-order valence-corrected chi connectivity index (χ4v) is 3.70. The molecule has 2 atom stereocenters. The lowest BCUT2D eigenvalue weighted by atomic mass is 10.1. The first-order valence-electron chi connectivity index (χ1n) is 10.1. The van der Waals surface area contributed by atoms with Gasteiger partial charge in [-0.2, -0.15) is 0 Å². The van der Waals surface area contributed by atoms with Gasteiger partial charge in [-0.25, -0.2) is 0 Å². The van der Waals surface area contributed by atoms with Gasteiger partial charge in [-0.05, 0) is 25.8 Å². The molecular formula is C19H40IN5O. The molecule has 2 unspecified atom stereocenters. The summed E-state index contributed by atoms with van der Waals surface area (Å²) in [6, 6.07) is 0. The van der Waals surface area contributed by atoms with Crippen LogP contribution in [-0.4, -0.2) is 99.8 Å². The zero-order valence-corrected chi connectivity index (χ0v) is 19.6. The Balaban J connectivity index is 0.00000338. The number of nitrogens with one attached hydrogen (secondary N) is 1. The van der Waals surface area contributed by atoms with E-state index in [1.54, 1.807) is 0 Å². The second-order valence-corrected chi connectivity index (χ2v) is 7.64. The molecule has 2 aliphatic rings. The van der Waals surface area contributed by atoms with E-state index in [-0.39, 0.29) is 24.0 Å². The lowest BCUT2D eigenvalue weighted by Gasteiger charge is -2.35. The summed E-state index contributed by atoms with van der Waals surface area (Å²) in [5, 5.41) is 3.44. The van der Waals surface area contributed by atoms with Crippen LogP contribution in [0.1, 0.15) is 27.2 Å². The first-order valence-corrected chi connectivity index (χ1v) is 10.1. The summed E-state index contributed by atoms with van der Waals surface area (Å²) in [5.74, 6) is 2.27. The van der Waals surface area contributed by atoms with Gasteiger partial charge in [0.1, 0.15) is 0 Å². The standard InChI is InChI=1S/C19H39N5O.HI/c1-5-20-19(22(4)15-18-7-12-25-16-18)21-13-17(3)14-24-10-8-23(6-2)9-11-24;/h17-18H,5-16H2,1-4H3,(H,20,21);1H. The molecular weight excluding hydrogens is 441 g/mol. The van der Waals surface area contributed by atoms with Gasteiger partial charge in [0.15, 0.2) is 5.96 Å². The number of hydrogen-bond acceptors (Lipinski definition) is 4. The first-order chi connectivity index (χ1) is 12.1. The van der Waals surface area contributed by atoms with E-state index in [0.717, 1.165) is 45.4 Å². The molecule has 0 aromatic rings. The van der Waals surface area contributed by atoms with Gasteiger partial charge in [0, 0.05) is 71.9 Å². The lowest BCUT2D eigenvalue weighted by molar-refractivity contribution is 0.125. The van der Waals surface area contributed by atoms with Crippen LogP contribution in [0.15, 0.2) is 4.99 Å². The number of guanidine groups is 1. The highest BCUT2D eigenvalue weighted by molar-refractivity contribution is 14.0. The monoisotopic (exact) mass is 481 g/mol. The number of halogens is 1. The van der Waals surface area contributed by atoms with Crippen molar-refractivity contribution in [2.24, 2.45) is 16.8 Å². The molecule has 2 heterocycles. The molecule has 0 aliphatic carbocycles. The topological polar surface area (TPSA) is 43.3 Å². The first kappa shape index (κ1) is 23.9. The lowest BCUT2D eigenvalue weighted by Crippen LogP contribution is -2.47. The van der Waals surface area contributed by atoms with Crippen LogP contribution in [0.4, 0.5) is 0 Å². The maximum atomic E-state index is 5.50. The third-order valence-corrected chi connectivity index (χ3v) is 5.29. The molecule has 7 heteroatoms. The van der Waals surface area contributed by atoms with Gasteiger partial charge in [-0.3, -0.25) is 4.99 Å². The number of piperazine rings is 1. The van der Waals surface area contributed by atoms with E-state index in [1.165, 1.54) is 39.1 Å². The Morgan fingerprint density at radius 3 is 2.50 bits per heavy atom. The molecule has 0 spiro atoms. The zero-order valence-electron chi connectivity index (χ0n) is 17.2. The Hall–Kier alpha value is -0.120. The van der Waals surface area contributed by atoms with Crippen molar-refractivity contribution in [3.8, 4) is 0 Å². The number of hydrogen-bond donors (Lipinski definition) is 1. The molecule has 2 rings (SSSR count). The van der Waals surface area contributed by atoms with Gasteiger partial charge >= 0.3 is 0 Å². The van der Waals surface area contributed by atoms with E-state index < -0.39 is 0 Å². The predicted molar refractivity (Wildman–Crippen MR) is 121 cm³/mol. The molecule has 0 radical (unpaired) electrons. The summed E-state index contributed by atoms with van der Waals surface area (Å²) in [6.07, 6.45) is 1.17. The van der Waals surface area contributed by atoms with Crippen LogP contribution in [0.5, 0.6) is 0 Å². The summed E-state index contributed by atoms with van der Waals surface area (Å²) in [7, 11) is 2.15. The number of nitrogens with zero attached hydrogens (tertiary/aromatic N) is 4. The number of ether oxygens (including phenoxy) is 1. The van der Waals surface area contributed by atoms with Crippen LogP contribution in [0.2, 0.25) is 0 Å².